The van der Waals surface area contributed by atoms with Gasteiger partial charge in [0.15, 0.2) is 0 Å². The molecule has 6 nitrogen and oxygen atoms in total. The zero-order chi connectivity index (χ0) is 21.8. The first kappa shape index (κ1) is 22.6. The van der Waals surface area contributed by atoms with Crippen molar-refractivity contribution in [1.29, 1.82) is 0 Å². The monoisotopic (exact) mass is 460 g/mol. The summed E-state index contributed by atoms with van der Waals surface area (Å²) < 4.78 is 37.9. The summed E-state index contributed by atoms with van der Waals surface area (Å²) in [5.74, 6) is -1.59. The fourth-order valence-corrected chi connectivity index (χ4v) is 5.36. The van der Waals surface area contributed by atoms with Gasteiger partial charge in [0.25, 0.3) is 5.91 Å². The van der Waals surface area contributed by atoms with Crippen LogP contribution in [-0.2, 0) is 16.1 Å². The molecule has 4 rings (SSSR count). The van der Waals surface area contributed by atoms with Gasteiger partial charge in [0.2, 0.25) is 0 Å². The van der Waals surface area contributed by atoms with Gasteiger partial charge in [-0.2, -0.15) is 24.5 Å². The van der Waals surface area contributed by atoms with Gasteiger partial charge in [-0.15, -0.1) is 11.8 Å². The second kappa shape index (κ2) is 9.36. The number of carboxylic acid groups (broad SMARTS) is 1. The van der Waals surface area contributed by atoms with E-state index in [2.05, 4.69) is 4.98 Å². The summed E-state index contributed by atoms with van der Waals surface area (Å²) in [6, 6.07) is 7.79. The van der Waals surface area contributed by atoms with Crippen LogP contribution < -0.4 is 0 Å². The van der Waals surface area contributed by atoms with Crippen LogP contribution in [0.25, 0.3) is 0 Å². The number of likely N-dealkylation sites (tertiary alicyclic amines) is 1. The minimum Gasteiger partial charge on any atom is -0.475 e. The lowest BCUT2D eigenvalue weighted by Crippen LogP contribution is -2.60. The minimum absolute atomic E-state index is 0.162. The number of rotatable bonds is 4. The molecule has 2 aromatic heterocycles. The largest absolute Gasteiger partial charge is 0.490 e. The lowest BCUT2D eigenvalue weighted by Gasteiger charge is -2.47. The Morgan fingerprint density at radius 2 is 2.03 bits per heavy atom. The van der Waals surface area contributed by atoms with E-state index < -0.39 is 12.1 Å². The number of hydrogen-bond donors (Lipinski definition) is 1. The van der Waals surface area contributed by atoms with Crippen LogP contribution in [0.15, 0.2) is 41.2 Å². The smallest absolute Gasteiger partial charge is 0.475 e. The Labute approximate surface area is 179 Å². The predicted molar refractivity (Wildman–Crippen MR) is 107 cm³/mol. The molecule has 0 aromatic carbocycles. The average molecular weight is 460 g/mol. The maximum Gasteiger partial charge on any atom is 0.490 e. The first-order chi connectivity index (χ1) is 14.2. The number of hydrogen-bond acceptors (Lipinski definition) is 6. The van der Waals surface area contributed by atoms with Crippen molar-refractivity contribution in [2.75, 3.05) is 18.8 Å². The van der Waals surface area contributed by atoms with E-state index in [0.717, 1.165) is 36.5 Å². The van der Waals surface area contributed by atoms with Gasteiger partial charge in [-0.05, 0) is 30.0 Å². The summed E-state index contributed by atoms with van der Waals surface area (Å²) in [6.45, 7) is 2.26. The highest BCUT2D eigenvalue weighted by molar-refractivity contribution is 8.01. The summed E-state index contributed by atoms with van der Waals surface area (Å²) in [7, 11) is 0. The van der Waals surface area contributed by atoms with E-state index in [0.29, 0.717) is 6.61 Å². The molecule has 2 saturated heterocycles. The van der Waals surface area contributed by atoms with Crippen molar-refractivity contribution in [3.8, 4) is 0 Å². The highest BCUT2D eigenvalue weighted by atomic mass is 32.2. The second-order valence-electron chi connectivity index (χ2n) is 6.93. The molecule has 2 aromatic rings. The average Bonchev–Trinajstić information content (AvgIpc) is 3.35. The van der Waals surface area contributed by atoms with Crippen LogP contribution in [0.4, 0.5) is 13.2 Å². The maximum absolute atomic E-state index is 12.3. The molecule has 162 valence electrons. The van der Waals surface area contributed by atoms with Crippen LogP contribution in [0.3, 0.4) is 0 Å². The number of halogens is 3. The van der Waals surface area contributed by atoms with E-state index in [9.17, 15) is 18.0 Å². The lowest BCUT2D eigenvalue weighted by atomic mass is 9.92. The molecule has 0 radical (unpaired) electrons. The van der Waals surface area contributed by atoms with Gasteiger partial charge in [0.1, 0.15) is 0 Å². The maximum atomic E-state index is 12.3. The standard InChI is InChI=1S/C17H18N2O2S2.C2HF3O2/c20-16(13-4-6-22-9-13)19-11-17(12-19)7-15(10-23-17)21-8-14-3-1-2-5-18-14;3-2(4,5)1(6)7/h1-6,9,15H,7-8,10-12H2;(H,6,7). The van der Waals surface area contributed by atoms with E-state index in [1.165, 1.54) is 0 Å². The first-order valence-electron chi connectivity index (χ1n) is 8.96. The summed E-state index contributed by atoms with van der Waals surface area (Å²) in [6.07, 6.45) is -2.00. The molecule has 2 aliphatic heterocycles. The molecule has 11 heteroatoms. The Hall–Kier alpha value is -2.11. The molecule has 1 unspecified atom stereocenters. The van der Waals surface area contributed by atoms with Crippen LogP contribution in [-0.4, -0.2) is 62.7 Å². The van der Waals surface area contributed by atoms with Gasteiger partial charge in [0.05, 0.1) is 28.7 Å². The van der Waals surface area contributed by atoms with Gasteiger partial charge >= 0.3 is 12.1 Å². The number of thioether (sulfide) groups is 1. The highest BCUT2D eigenvalue weighted by Gasteiger charge is 2.51. The molecule has 1 N–H and O–H groups in total. The number of carboxylic acids is 1. The summed E-state index contributed by atoms with van der Waals surface area (Å²) in [4.78, 5) is 27.4. The minimum atomic E-state index is -5.08. The van der Waals surface area contributed by atoms with Crippen LogP contribution >= 0.6 is 23.1 Å². The zero-order valence-corrected chi connectivity index (χ0v) is 17.3. The fraction of sp³-hybridized carbons (Fsp3) is 0.421. The van der Waals surface area contributed by atoms with Crippen molar-refractivity contribution in [2.24, 2.45) is 0 Å². The van der Waals surface area contributed by atoms with E-state index in [4.69, 9.17) is 14.6 Å². The molecular weight excluding hydrogens is 441 g/mol. The SMILES string of the molecule is O=C(O)C(F)(F)F.O=C(c1ccsc1)N1CC2(CC(OCc3ccccn3)CS2)C1. The molecule has 0 bridgehead atoms. The normalized spacial score (nSPS) is 19.7. The number of nitrogens with zero attached hydrogens (tertiary/aromatic N) is 2. The van der Waals surface area contributed by atoms with Crippen LogP contribution in [0.2, 0.25) is 0 Å². The van der Waals surface area contributed by atoms with Gasteiger partial charge in [-0.3, -0.25) is 9.78 Å². The number of pyridine rings is 1. The van der Waals surface area contributed by atoms with Crippen LogP contribution in [0, 0.1) is 0 Å². The van der Waals surface area contributed by atoms with Gasteiger partial charge in [0, 0.05) is 30.4 Å². The van der Waals surface area contributed by atoms with Crippen molar-refractivity contribution in [3.63, 3.8) is 0 Å². The van der Waals surface area contributed by atoms with Crippen molar-refractivity contribution >= 4 is 35.0 Å². The number of aliphatic carboxylic acids is 1. The Morgan fingerprint density at radius 3 is 2.60 bits per heavy atom. The molecular formula is C19H19F3N2O4S2. The van der Waals surface area contributed by atoms with Gasteiger partial charge in [-0.25, -0.2) is 4.79 Å². The molecule has 1 atom stereocenters. The number of alkyl halides is 3. The summed E-state index contributed by atoms with van der Waals surface area (Å²) in [5.41, 5.74) is 1.79. The van der Waals surface area contributed by atoms with E-state index in [1.807, 2.05) is 51.7 Å². The van der Waals surface area contributed by atoms with Crippen LogP contribution in [0.1, 0.15) is 22.5 Å². The Kier molecular flexibility index (Phi) is 7.04. The number of amides is 1. The molecule has 2 fully saturated rings. The second-order valence-corrected chi connectivity index (χ2v) is 9.20. The summed E-state index contributed by atoms with van der Waals surface area (Å²) >= 11 is 3.53. The lowest BCUT2D eigenvalue weighted by molar-refractivity contribution is -0.192. The third kappa shape index (κ3) is 5.73. The Balaban J connectivity index is 0.000000318. The molecule has 30 heavy (non-hydrogen) atoms. The number of carbonyl (C=O) groups is 2. The number of thiophene rings is 1. The Bertz CT molecular complexity index is 856. The predicted octanol–water partition coefficient (Wildman–Crippen LogP) is 3.69. The van der Waals surface area contributed by atoms with Crippen molar-refractivity contribution in [3.05, 3.63) is 52.5 Å². The van der Waals surface area contributed by atoms with E-state index >= 15 is 0 Å². The third-order valence-electron chi connectivity index (χ3n) is 4.62. The molecule has 4 heterocycles. The third-order valence-corrected chi connectivity index (χ3v) is 6.88. The number of ether oxygens (including phenoxy) is 1. The quantitative estimate of drug-likeness (QED) is 0.750. The van der Waals surface area contributed by atoms with Crippen LogP contribution in [0.5, 0.6) is 0 Å². The van der Waals surface area contributed by atoms with Gasteiger partial charge in [-0.1, -0.05) is 6.07 Å². The Morgan fingerprint density at radius 1 is 1.30 bits per heavy atom. The molecule has 1 spiro atoms. The summed E-state index contributed by atoms with van der Waals surface area (Å²) in [5, 5.41) is 11.0. The fourth-order valence-electron chi connectivity index (χ4n) is 3.18. The van der Waals surface area contributed by atoms with Crippen molar-refractivity contribution < 1.29 is 32.6 Å². The van der Waals surface area contributed by atoms with Crippen molar-refractivity contribution in [2.45, 2.75) is 30.1 Å². The topological polar surface area (TPSA) is 79.7 Å². The molecule has 1 amide bonds. The van der Waals surface area contributed by atoms with Gasteiger partial charge < -0.3 is 14.7 Å². The molecule has 0 saturated carbocycles. The molecule has 0 aliphatic carbocycles. The molecule has 2 aliphatic rings. The number of carbonyl (C=O) groups excluding carboxylic acids is 1. The van der Waals surface area contributed by atoms with Crippen molar-refractivity contribution in [1.82, 2.24) is 9.88 Å². The first-order valence-corrected chi connectivity index (χ1v) is 10.9. The van der Waals surface area contributed by atoms with E-state index in [1.54, 1.807) is 17.5 Å². The zero-order valence-electron chi connectivity index (χ0n) is 15.7. The van der Waals surface area contributed by atoms with E-state index in [-0.39, 0.29) is 16.8 Å². The number of aromatic nitrogens is 1. The highest BCUT2D eigenvalue weighted by Crippen LogP contribution is 2.46.